The highest BCUT2D eigenvalue weighted by Gasteiger charge is 2.15. The second-order valence-corrected chi connectivity index (χ2v) is 5.27. The minimum Gasteiger partial charge on any atom is -0.389 e. The van der Waals surface area contributed by atoms with Crippen molar-refractivity contribution < 1.29 is 5.11 Å². The Kier molecular flexibility index (Phi) is 3.45. The molecule has 2 rings (SSSR count). The van der Waals surface area contributed by atoms with Crippen molar-refractivity contribution in [1.29, 1.82) is 0 Å². The average molecular weight is 269 g/mol. The summed E-state index contributed by atoms with van der Waals surface area (Å²) < 4.78 is 1.73. The molecular weight excluding hydrogens is 252 g/mol. The fraction of sp³-hybridized carbons (Fsp3) is 0.500. The summed E-state index contributed by atoms with van der Waals surface area (Å²) in [5.41, 5.74) is 1.70. The molecule has 0 aliphatic heterocycles. The molecular formula is C12H17ClN4O. The summed E-state index contributed by atoms with van der Waals surface area (Å²) in [6, 6.07) is 1.72. The van der Waals surface area contributed by atoms with Gasteiger partial charge in [-0.2, -0.15) is 5.10 Å². The number of nitrogens with zero attached hydrogens (tertiary/aromatic N) is 3. The van der Waals surface area contributed by atoms with Crippen LogP contribution in [0.3, 0.4) is 0 Å². The number of aliphatic hydroxyl groups is 1. The van der Waals surface area contributed by atoms with E-state index in [1.165, 1.54) is 0 Å². The van der Waals surface area contributed by atoms with E-state index >= 15 is 0 Å². The number of hydrogen-bond donors (Lipinski definition) is 2. The Bertz CT molecular complexity index is 559. The smallest absolute Gasteiger partial charge is 0.177 e. The normalized spacial score (nSPS) is 12.1. The van der Waals surface area contributed by atoms with Gasteiger partial charge in [0, 0.05) is 12.6 Å². The zero-order valence-corrected chi connectivity index (χ0v) is 11.5. The molecule has 0 aliphatic carbocycles. The van der Waals surface area contributed by atoms with Crippen LogP contribution in [-0.2, 0) is 6.42 Å². The number of fused-ring (bicyclic) bond motifs is 1. The molecule has 2 aromatic rings. The van der Waals surface area contributed by atoms with Gasteiger partial charge in [-0.05, 0) is 20.3 Å². The molecule has 0 spiro atoms. The fourth-order valence-electron chi connectivity index (χ4n) is 1.67. The van der Waals surface area contributed by atoms with Crippen molar-refractivity contribution >= 4 is 22.9 Å². The highest BCUT2D eigenvalue weighted by molar-refractivity contribution is 6.29. The molecule has 0 fully saturated rings. The van der Waals surface area contributed by atoms with Crippen LogP contribution in [0.5, 0.6) is 0 Å². The summed E-state index contributed by atoms with van der Waals surface area (Å²) in [5.74, 6) is 0. The summed E-state index contributed by atoms with van der Waals surface area (Å²) in [6.07, 6.45) is 2.62. The van der Waals surface area contributed by atoms with Gasteiger partial charge in [0.25, 0.3) is 0 Å². The van der Waals surface area contributed by atoms with Crippen LogP contribution in [-0.4, -0.2) is 31.9 Å². The lowest BCUT2D eigenvalue weighted by molar-refractivity contribution is 0.0945. The quantitative estimate of drug-likeness (QED) is 0.892. The largest absolute Gasteiger partial charge is 0.389 e. The second-order valence-electron chi connectivity index (χ2n) is 4.89. The Labute approximate surface area is 111 Å². The van der Waals surface area contributed by atoms with Gasteiger partial charge in [-0.15, -0.1) is 0 Å². The molecule has 0 radical (unpaired) electrons. The number of aromatic nitrogens is 3. The van der Waals surface area contributed by atoms with E-state index in [9.17, 15) is 5.11 Å². The van der Waals surface area contributed by atoms with E-state index in [0.717, 1.165) is 23.4 Å². The number of imidazole rings is 1. The molecule has 0 amide bonds. The Morgan fingerprint density at radius 1 is 1.50 bits per heavy atom. The number of nitrogens with one attached hydrogen (secondary N) is 1. The summed E-state index contributed by atoms with van der Waals surface area (Å²) in [4.78, 5) is 4.33. The lowest BCUT2D eigenvalue weighted by atomic mass is 10.1. The standard InChI is InChI=1S/C12H17ClN4O/c1-4-8-6-14-11-9(15-7-12(2,3)18)5-10(13)16-17(8)11/h5-6,15,18H,4,7H2,1-3H3. The van der Waals surface area contributed by atoms with Gasteiger partial charge in [-0.3, -0.25) is 0 Å². The first-order chi connectivity index (χ1) is 8.40. The van der Waals surface area contributed by atoms with Crippen molar-refractivity contribution in [2.24, 2.45) is 0 Å². The van der Waals surface area contributed by atoms with Crippen LogP contribution in [0.2, 0.25) is 5.15 Å². The van der Waals surface area contributed by atoms with Gasteiger partial charge in [-0.1, -0.05) is 18.5 Å². The van der Waals surface area contributed by atoms with Gasteiger partial charge in [0.1, 0.15) is 0 Å². The zero-order valence-electron chi connectivity index (χ0n) is 10.7. The molecule has 5 nitrogen and oxygen atoms in total. The Hall–Kier alpha value is -1.33. The van der Waals surface area contributed by atoms with Gasteiger partial charge in [0.2, 0.25) is 0 Å². The monoisotopic (exact) mass is 268 g/mol. The number of anilines is 1. The Balaban J connectivity index is 2.40. The first-order valence-corrected chi connectivity index (χ1v) is 6.28. The van der Waals surface area contributed by atoms with Crippen LogP contribution < -0.4 is 5.32 Å². The second kappa shape index (κ2) is 4.74. The Morgan fingerprint density at radius 3 is 2.83 bits per heavy atom. The van der Waals surface area contributed by atoms with Crippen molar-refractivity contribution in [1.82, 2.24) is 14.6 Å². The van der Waals surface area contributed by atoms with Crippen LogP contribution in [0, 0.1) is 0 Å². The molecule has 2 N–H and O–H groups in total. The van der Waals surface area contributed by atoms with E-state index in [2.05, 4.69) is 15.4 Å². The van der Waals surface area contributed by atoms with E-state index in [0.29, 0.717) is 11.7 Å². The van der Waals surface area contributed by atoms with E-state index < -0.39 is 5.60 Å². The molecule has 6 heteroatoms. The first-order valence-electron chi connectivity index (χ1n) is 5.90. The van der Waals surface area contributed by atoms with Gasteiger partial charge in [-0.25, -0.2) is 9.50 Å². The molecule has 0 unspecified atom stereocenters. The van der Waals surface area contributed by atoms with Crippen LogP contribution in [0.1, 0.15) is 26.5 Å². The lowest BCUT2D eigenvalue weighted by Crippen LogP contribution is -2.29. The van der Waals surface area contributed by atoms with E-state index in [4.69, 9.17) is 11.6 Å². The topological polar surface area (TPSA) is 62.5 Å². The molecule has 18 heavy (non-hydrogen) atoms. The minimum atomic E-state index is -0.799. The van der Waals surface area contributed by atoms with Crippen LogP contribution in [0.4, 0.5) is 5.69 Å². The molecule has 0 atom stereocenters. The van der Waals surface area contributed by atoms with Gasteiger partial charge in [0.15, 0.2) is 10.8 Å². The van der Waals surface area contributed by atoms with Gasteiger partial charge < -0.3 is 10.4 Å². The predicted octanol–water partition coefficient (Wildman–Crippen LogP) is 2.13. The number of hydrogen-bond acceptors (Lipinski definition) is 4. The van der Waals surface area contributed by atoms with Crippen LogP contribution >= 0.6 is 11.6 Å². The average Bonchev–Trinajstić information content (AvgIpc) is 2.67. The zero-order chi connectivity index (χ0) is 13.3. The van der Waals surface area contributed by atoms with Crippen molar-refractivity contribution in [3.63, 3.8) is 0 Å². The van der Waals surface area contributed by atoms with Crippen LogP contribution in [0.15, 0.2) is 12.3 Å². The van der Waals surface area contributed by atoms with Crippen molar-refractivity contribution in [3.8, 4) is 0 Å². The maximum absolute atomic E-state index is 9.73. The van der Waals surface area contributed by atoms with Gasteiger partial charge in [0.05, 0.1) is 23.2 Å². The third-order valence-electron chi connectivity index (χ3n) is 2.58. The summed E-state index contributed by atoms with van der Waals surface area (Å²) in [7, 11) is 0. The van der Waals surface area contributed by atoms with E-state index in [-0.39, 0.29) is 0 Å². The molecule has 0 saturated heterocycles. The predicted molar refractivity (Wildman–Crippen MR) is 72.2 cm³/mol. The fourth-order valence-corrected chi connectivity index (χ4v) is 1.85. The Morgan fingerprint density at radius 2 is 2.22 bits per heavy atom. The first kappa shape index (κ1) is 13.1. The molecule has 98 valence electrons. The number of aryl methyl sites for hydroxylation is 1. The maximum atomic E-state index is 9.73. The van der Waals surface area contributed by atoms with Crippen LogP contribution in [0.25, 0.3) is 5.65 Å². The maximum Gasteiger partial charge on any atom is 0.177 e. The van der Waals surface area contributed by atoms with Gasteiger partial charge >= 0.3 is 0 Å². The third kappa shape index (κ3) is 2.73. The van der Waals surface area contributed by atoms with Crippen molar-refractivity contribution in [2.45, 2.75) is 32.8 Å². The minimum absolute atomic E-state index is 0.397. The van der Waals surface area contributed by atoms with E-state index in [1.807, 2.05) is 6.92 Å². The van der Waals surface area contributed by atoms with Crippen molar-refractivity contribution in [3.05, 3.63) is 23.1 Å². The number of rotatable bonds is 4. The highest BCUT2D eigenvalue weighted by Crippen LogP contribution is 2.21. The summed E-state index contributed by atoms with van der Waals surface area (Å²) in [5, 5.41) is 17.5. The molecule has 2 aromatic heterocycles. The molecule has 2 heterocycles. The molecule has 0 bridgehead atoms. The molecule has 0 saturated carbocycles. The summed E-state index contributed by atoms with van der Waals surface area (Å²) >= 11 is 6.00. The lowest BCUT2D eigenvalue weighted by Gasteiger charge is -2.18. The molecule has 0 aromatic carbocycles. The molecule has 0 aliphatic rings. The van der Waals surface area contributed by atoms with Crippen molar-refractivity contribution in [2.75, 3.05) is 11.9 Å². The van der Waals surface area contributed by atoms with E-state index in [1.54, 1.807) is 30.6 Å². The summed E-state index contributed by atoms with van der Waals surface area (Å²) in [6.45, 7) is 5.93. The SMILES string of the molecule is CCc1cnc2c(NCC(C)(C)O)cc(Cl)nn12. The third-order valence-corrected chi connectivity index (χ3v) is 2.77. The highest BCUT2D eigenvalue weighted by atomic mass is 35.5. The number of halogens is 1.